The molecule has 0 amide bonds. The van der Waals surface area contributed by atoms with E-state index in [2.05, 4.69) is 22.0 Å². The smallest absolute Gasteiger partial charge is 0.376 e. The number of H-pyrrole nitrogens is 1. The van der Waals surface area contributed by atoms with Crippen LogP contribution in [0.2, 0.25) is 0 Å². The van der Waals surface area contributed by atoms with Gasteiger partial charge in [0.05, 0.1) is 36.4 Å². The maximum atomic E-state index is 13.1. The Hall–Kier alpha value is -2.62. The Morgan fingerprint density at radius 3 is 2.50 bits per heavy atom. The molecule has 9 heteroatoms. The van der Waals surface area contributed by atoms with E-state index in [0.717, 1.165) is 51.0 Å². The van der Waals surface area contributed by atoms with E-state index in [4.69, 9.17) is 9.47 Å². The SMILES string of the molecule is O=c1[nH]c2cc(C(F)(F)F)ccc2n1C1CCN(CC2(Cc3ccccc3)COCCO2)CC1. The van der Waals surface area contributed by atoms with Crippen LogP contribution in [-0.2, 0) is 22.1 Å². The van der Waals surface area contributed by atoms with Gasteiger partial charge in [-0.15, -0.1) is 0 Å². The third-order valence-electron chi connectivity index (χ3n) is 6.85. The molecular weight excluding hydrogens is 447 g/mol. The minimum atomic E-state index is -4.45. The zero-order chi connectivity index (χ0) is 23.8. The maximum Gasteiger partial charge on any atom is 0.416 e. The topological polar surface area (TPSA) is 59.5 Å². The molecule has 0 spiro atoms. The van der Waals surface area contributed by atoms with Gasteiger partial charge in [0, 0.05) is 32.1 Å². The van der Waals surface area contributed by atoms with Gasteiger partial charge in [-0.3, -0.25) is 4.57 Å². The minimum absolute atomic E-state index is 0.0668. The molecule has 5 rings (SSSR count). The second kappa shape index (κ2) is 9.20. The fourth-order valence-corrected chi connectivity index (χ4v) is 5.25. The number of aromatic nitrogens is 2. The van der Waals surface area contributed by atoms with Crippen molar-refractivity contribution in [3.8, 4) is 0 Å². The van der Waals surface area contributed by atoms with Crippen molar-refractivity contribution in [1.29, 1.82) is 0 Å². The van der Waals surface area contributed by atoms with Crippen LogP contribution >= 0.6 is 0 Å². The second-order valence-corrected chi connectivity index (χ2v) is 9.28. The van der Waals surface area contributed by atoms with Crippen LogP contribution in [0, 0.1) is 0 Å². The van der Waals surface area contributed by atoms with Gasteiger partial charge in [-0.25, -0.2) is 4.79 Å². The number of aromatic amines is 1. The molecule has 2 aliphatic rings. The van der Waals surface area contributed by atoms with Crippen LogP contribution in [0.25, 0.3) is 11.0 Å². The Bertz CT molecular complexity index is 1170. The number of piperidine rings is 1. The van der Waals surface area contributed by atoms with Crippen LogP contribution in [0.15, 0.2) is 53.3 Å². The highest BCUT2D eigenvalue weighted by Gasteiger charge is 2.38. The molecule has 2 fully saturated rings. The molecule has 1 unspecified atom stereocenters. The van der Waals surface area contributed by atoms with Gasteiger partial charge in [-0.1, -0.05) is 30.3 Å². The van der Waals surface area contributed by atoms with E-state index >= 15 is 0 Å². The summed E-state index contributed by atoms with van der Waals surface area (Å²) in [6, 6.07) is 13.6. The van der Waals surface area contributed by atoms with E-state index in [1.165, 1.54) is 11.6 Å². The summed E-state index contributed by atoms with van der Waals surface area (Å²) in [5.41, 5.74) is 0.390. The van der Waals surface area contributed by atoms with Crippen molar-refractivity contribution in [3.63, 3.8) is 0 Å². The first-order valence-corrected chi connectivity index (χ1v) is 11.6. The minimum Gasteiger partial charge on any atom is -0.376 e. The van der Waals surface area contributed by atoms with Crippen LogP contribution in [0.3, 0.4) is 0 Å². The highest BCUT2D eigenvalue weighted by molar-refractivity contribution is 5.76. The third kappa shape index (κ3) is 4.78. The van der Waals surface area contributed by atoms with Crippen LogP contribution in [0.1, 0.15) is 30.0 Å². The number of hydrogen-bond donors (Lipinski definition) is 1. The number of imidazole rings is 1. The zero-order valence-corrected chi connectivity index (χ0v) is 18.8. The average molecular weight is 476 g/mol. The lowest BCUT2D eigenvalue weighted by molar-refractivity contribution is -0.167. The summed E-state index contributed by atoms with van der Waals surface area (Å²) in [5.74, 6) is 0. The molecule has 2 saturated heterocycles. The lowest BCUT2D eigenvalue weighted by Gasteiger charge is -2.43. The summed E-state index contributed by atoms with van der Waals surface area (Å²) >= 11 is 0. The van der Waals surface area contributed by atoms with E-state index < -0.39 is 17.3 Å². The fraction of sp³-hybridized carbons (Fsp3) is 0.480. The fourth-order valence-electron chi connectivity index (χ4n) is 5.25. The van der Waals surface area contributed by atoms with Crippen LogP contribution in [-0.4, -0.2) is 59.5 Å². The standard InChI is InChI=1S/C25H28F3N3O3/c26-25(27,28)19-6-7-22-21(14-19)29-23(32)31(22)20-8-10-30(11-9-20)16-24(17-33-12-13-34-24)15-18-4-2-1-3-5-18/h1-7,14,20H,8-13,15-17H2,(H,29,32). The number of hydrogen-bond acceptors (Lipinski definition) is 4. The Morgan fingerprint density at radius 2 is 1.82 bits per heavy atom. The number of alkyl halides is 3. The zero-order valence-electron chi connectivity index (χ0n) is 18.8. The van der Waals surface area contributed by atoms with Crippen LogP contribution in [0.5, 0.6) is 0 Å². The van der Waals surface area contributed by atoms with Gasteiger partial charge >= 0.3 is 11.9 Å². The monoisotopic (exact) mass is 475 g/mol. The van der Waals surface area contributed by atoms with Gasteiger partial charge in [0.1, 0.15) is 5.60 Å². The molecule has 2 aromatic carbocycles. The molecule has 0 saturated carbocycles. The molecule has 0 bridgehead atoms. The Balaban J connectivity index is 1.29. The first-order chi connectivity index (χ1) is 16.3. The molecular formula is C25H28F3N3O3. The first kappa shape index (κ1) is 23.1. The number of ether oxygens (including phenoxy) is 2. The molecule has 6 nitrogen and oxygen atoms in total. The molecule has 3 aromatic rings. The molecule has 34 heavy (non-hydrogen) atoms. The molecule has 2 aliphatic heterocycles. The van der Waals surface area contributed by atoms with Crippen LogP contribution < -0.4 is 5.69 Å². The van der Waals surface area contributed by atoms with Gasteiger partial charge < -0.3 is 19.4 Å². The maximum absolute atomic E-state index is 13.1. The third-order valence-corrected chi connectivity index (χ3v) is 6.85. The average Bonchev–Trinajstić information content (AvgIpc) is 3.15. The van der Waals surface area contributed by atoms with Crippen LogP contribution in [0.4, 0.5) is 13.2 Å². The highest BCUT2D eigenvalue weighted by Crippen LogP contribution is 2.33. The lowest BCUT2D eigenvalue weighted by Crippen LogP contribution is -2.54. The van der Waals surface area contributed by atoms with Crippen molar-refractivity contribution >= 4 is 11.0 Å². The van der Waals surface area contributed by atoms with Gasteiger partial charge in [-0.2, -0.15) is 13.2 Å². The Kier molecular flexibility index (Phi) is 6.26. The largest absolute Gasteiger partial charge is 0.416 e. The van der Waals surface area contributed by atoms with E-state index in [1.54, 1.807) is 4.57 Å². The second-order valence-electron chi connectivity index (χ2n) is 9.28. The van der Waals surface area contributed by atoms with Crippen molar-refractivity contribution in [1.82, 2.24) is 14.5 Å². The van der Waals surface area contributed by atoms with Gasteiger partial charge in [0.25, 0.3) is 0 Å². The number of fused-ring (bicyclic) bond motifs is 1. The van der Waals surface area contributed by atoms with Gasteiger partial charge in [0.15, 0.2) is 0 Å². The molecule has 1 aromatic heterocycles. The number of nitrogens with one attached hydrogen (secondary N) is 1. The van der Waals surface area contributed by atoms with E-state index in [9.17, 15) is 18.0 Å². The number of benzene rings is 2. The summed E-state index contributed by atoms with van der Waals surface area (Å²) in [5, 5.41) is 0. The predicted octanol–water partition coefficient (Wildman–Crippen LogP) is 4.01. The molecule has 0 aliphatic carbocycles. The lowest BCUT2D eigenvalue weighted by atomic mass is 9.92. The van der Waals surface area contributed by atoms with Gasteiger partial charge in [-0.05, 0) is 36.6 Å². The van der Waals surface area contributed by atoms with Crippen molar-refractivity contribution in [2.45, 2.75) is 37.1 Å². The van der Waals surface area contributed by atoms with Crippen molar-refractivity contribution in [3.05, 3.63) is 70.1 Å². The summed E-state index contributed by atoms with van der Waals surface area (Å²) in [4.78, 5) is 17.6. The number of halogens is 3. The first-order valence-electron chi connectivity index (χ1n) is 11.6. The van der Waals surface area contributed by atoms with Crippen molar-refractivity contribution in [2.24, 2.45) is 0 Å². The highest BCUT2D eigenvalue weighted by atomic mass is 19.4. The van der Waals surface area contributed by atoms with Crippen molar-refractivity contribution < 1.29 is 22.6 Å². The Morgan fingerprint density at radius 1 is 1.06 bits per heavy atom. The normalized spacial score (nSPS) is 22.9. The summed E-state index contributed by atoms with van der Waals surface area (Å²) in [6.45, 7) is 3.96. The summed E-state index contributed by atoms with van der Waals surface area (Å²) in [7, 11) is 0. The molecule has 3 heterocycles. The quantitative estimate of drug-likeness (QED) is 0.606. The summed E-state index contributed by atoms with van der Waals surface area (Å²) < 4.78 is 52.9. The molecule has 0 radical (unpaired) electrons. The number of nitrogens with zero attached hydrogens (tertiary/aromatic N) is 2. The number of rotatable bonds is 5. The van der Waals surface area contributed by atoms with E-state index in [1.807, 2.05) is 18.2 Å². The molecule has 1 N–H and O–H groups in total. The van der Waals surface area contributed by atoms with E-state index in [-0.39, 0.29) is 17.2 Å². The predicted molar refractivity (Wildman–Crippen MR) is 122 cm³/mol. The number of likely N-dealkylation sites (tertiary alicyclic amines) is 1. The van der Waals surface area contributed by atoms with Gasteiger partial charge in [0.2, 0.25) is 0 Å². The summed E-state index contributed by atoms with van der Waals surface area (Å²) in [6.07, 6.45) is -2.22. The molecule has 1 atom stereocenters. The Labute approximate surface area is 195 Å². The van der Waals surface area contributed by atoms with Crippen molar-refractivity contribution in [2.75, 3.05) is 39.5 Å². The van der Waals surface area contributed by atoms with E-state index in [0.29, 0.717) is 25.3 Å². The molecule has 182 valence electrons.